The molecule has 116 valence electrons. The maximum Gasteiger partial charge on any atom is 0.306 e. The molecule has 0 fully saturated rings. The fourth-order valence-electron chi connectivity index (χ4n) is 2.01. The average Bonchev–Trinajstić information content (AvgIpc) is 2.53. The molecule has 0 heterocycles. The Labute approximate surface area is 129 Å². The molecule has 0 saturated heterocycles. The lowest BCUT2D eigenvalue weighted by Crippen LogP contribution is -2.05. The minimum atomic E-state index is -0.270. The predicted molar refractivity (Wildman–Crippen MR) is 82.1 cm³/mol. The molecule has 0 bridgehead atoms. The summed E-state index contributed by atoms with van der Waals surface area (Å²) < 4.78 is 23.9. The van der Waals surface area contributed by atoms with Gasteiger partial charge in [0.15, 0.2) is 0 Å². The van der Waals surface area contributed by atoms with Crippen LogP contribution in [0.2, 0.25) is 0 Å². The van der Waals surface area contributed by atoms with Crippen LogP contribution in [0.1, 0.15) is 24.5 Å². The monoisotopic (exact) mass is 302 g/mol. The van der Waals surface area contributed by atoms with Gasteiger partial charge in [0.2, 0.25) is 0 Å². The van der Waals surface area contributed by atoms with Gasteiger partial charge >= 0.3 is 5.97 Å². The van der Waals surface area contributed by atoms with E-state index in [1.165, 1.54) is 6.07 Å². The largest absolute Gasteiger partial charge is 0.489 e. The first kappa shape index (κ1) is 16.0. The van der Waals surface area contributed by atoms with Gasteiger partial charge in [-0.15, -0.1) is 0 Å². The number of aryl methyl sites for hydroxylation is 1. The summed E-state index contributed by atoms with van der Waals surface area (Å²) in [6.45, 7) is 2.39. The highest BCUT2D eigenvalue weighted by Crippen LogP contribution is 2.16. The minimum absolute atomic E-state index is 0.189. The average molecular weight is 302 g/mol. The van der Waals surface area contributed by atoms with E-state index in [9.17, 15) is 9.18 Å². The van der Waals surface area contributed by atoms with Crippen molar-refractivity contribution >= 4 is 5.97 Å². The molecule has 0 saturated carbocycles. The van der Waals surface area contributed by atoms with Crippen LogP contribution in [0, 0.1) is 5.82 Å². The van der Waals surface area contributed by atoms with Crippen LogP contribution in [0.4, 0.5) is 4.39 Å². The summed E-state index contributed by atoms with van der Waals surface area (Å²) >= 11 is 0. The highest BCUT2D eigenvalue weighted by Gasteiger charge is 2.04. The summed E-state index contributed by atoms with van der Waals surface area (Å²) in [4.78, 5) is 11.3. The quantitative estimate of drug-likeness (QED) is 0.728. The van der Waals surface area contributed by atoms with Crippen LogP contribution in [0.5, 0.6) is 5.75 Å². The highest BCUT2D eigenvalue weighted by atomic mass is 19.1. The minimum Gasteiger partial charge on any atom is -0.489 e. The lowest BCUT2D eigenvalue weighted by Gasteiger charge is -2.08. The van der Waals surface area contributed by atoms with E-state index < -0.39 is 0 Å². The van der Waals surface area contributed by atoms with Crippen molar-refractivity contribution in [2.24, 2.45) is 0 Å². The molecule has 0 spiro atoms. The smallest absolute Gasteiger partial charge is 0.306 e. The molecule has 0 radical (unpaired) electrons. The molecule has 0 unspecified atom stereocenters. The Morgan fingerprint density at radius 2 is 1.82 bits per heavy atom. The molecule has 2 aromatic rings. The molecule has 2 aromatic carbocycles. The van der Waals surface area contributed by atoms with Crippen molar-refractivity contribution in [1.82, 2.24) is 0 Å². The Bertz CT molecular complexity index is 608. The van der Waals surface area contributed by atoms with E-state index in [0.717, 1.165) is 5.56 Å². The normalized spacial score (nSPS) is 10.3. The second-order valence-corrected chi connectivity index (χ2v) is 4.83. The summed E-state index contributed by atoms with van der Waals surface area (Å²) in [5.41, 5.74) is 1.56. The van der Waals surface area contributed by atoms with Gasteiger partial charge in [0.25, 0.3) is 0 Å². The SMILES string of the molecule is CCOC(=O)CCc1ccc(OCc2ccccc2F)cc1. The first-order valence-electron chi connectivity index (χ1n) is 7.30. The molecular formula is C18H19FO3. The number of carbonyl (C=O) groups excluding carboxylic acids is 1. The Hall–Kier alpha value is -2.36. The molecule has 0 aromatic heterocycles. The number of ether oxygens (including phenoxy) is 2. The van der Waals surface area contributed by atoms with E-state index in [0.29, 0.717) is 30.8 Å². The molecule has 2 rings (SSSR count). The van der Waals surface area contributed by atoms with Crippen molar-refractivity contribution in [1.29, 1.82) is 0 Å². The first-order chi connectivity index (χ1) is 10.7. The molecule has 22 heavy (non-hydrogen) atoms. The standard InChI is InChI=1S/C18H19FO3/c1-2-21-18(20)12-9-14-7-10-16(11-8-14)22-13-15-5-3-4-6-17(15)19/h3-8,10-11H,2,9,12-13H2,1H3. The van der Waals surface area contributed by atoms with Crippen molar-refractivity contribution in [2.75, 3.05) is 6.61 Å². The molecular weight excluding hydrogens is 283 g/mol. The van der Waals surface area contributed by atoms with E-state index in [4.69, 9.17) is 9.47 Å². The van der Waals surface area contributed by atoms with E-state index in [-0.39, 0.29) is 18.4 Å². The molecule has 0 aliphatic rings. The maximum atomic E-state index is 13.5. The Kier molecular flexibility index (Phi) is 5.95. The fraction of sp³-hybridized carbons (Fsp3) is 0.278. The third kappa shape index (κ3) is 4.88. The number of esters is 1. The second kappa shape index (κ2) is 8.17. The van der Waals surface area contributed by atoms with Crippen molar-refractivity contribution in [3.63, 3.8) is 0 Å². The molecule has 0 aliphatic carbocycles. The molecule has 3 nitrogen and oxygen atoms in total. The number of hydrogen-bond acceptors (Lipinski definition) is 3. The van der Waals surface area contributed by atoms with E-state index in [1.807, 2.05) is 24.3 Å². The Morgan fingerprint density at radius 1 is 1.09 bits per heavy atom. The Balaban J connectivity index is 1.84. The van der Waals surface area contributed by atoms with Gasteiger partial charge in [-0.25, -0.2) is 4.39 Å². The van der Waals surface area contributed by atoms with E-state index in [2.05, 4.69) is 0 Å². The van der Waals surface area contributed by atoms with Gasteiger partial charge in [0.1, 0.15) is 18.2 Å². The van der Waals surface area contributed by atoms with Gasteiger partial charge in [-0.05, 0) is 37.1 Å². The second-order valence-electron chi connectivity index (χ2n) is 4.83. The van der Waals surface area contributed by atoms with Crippen LogP contribution < -0.4 is 4.74 Å². The van der Waals surface area contributed by atoms with Crippen molar-refractivity contribution in [2.45, 2.75) is 26.4 Å². The van der Waals surface area contributed by atoms with E-state index in [1.54, 1.807) is 25.1 Å². The summed E-state index contributed by atoms with van der Waals surface area (Å²) in [6, 6.07) is 14.0. The van der Waals surface area contributed by atoms with Gasteiger partial charge < -0.3 is 9.47 Å². The lowest BCUT2D eigenvalue weighted by atomic mass is 10.1. The number of hydrogen-bond donors (Lipinski definition) is 0. The molecule has 0 amide bonds. The number of rotatable bonds is 7. The molecule has 0 N–H and O–H groups in total. The zero-order chi connectivity index (χ0) is 15.8. The van der Waals surface area contributed by atoms with Crippen LogP contribution >= 0.6 is 0 Å². The van der Waals surface area contributed by atoms with Crippen LogP contribution in [-0.2, 0) is 22.6 Å². The number of halogens is 1. The highest BCUT2D eigenvalue weighted by molar-refractivity contribution is 5.69. The molecule has 0 aliphatic heterocycles. The van der Waals surface area contributed by atoms with Crippen molar-refractivity contribution < 1.29 is 18.7 Å². The van der Waals surface area contributed by atoms with Gasteiger partial charge in [0.05, 0.1) is 6.61 Å². The lowest BCUT2D eigenvalue weighted by molar-refractivity contribution is -0.143. The number of carbonyl (C=O) groups is 1. The third-order valence-corrected chi connectivity index (χ3v) is 3.20. The summed E-state index contributed by atoms with van der Waals surface area (Å²) in [5, 5.41) is 0. The first-order valence-corrected chi connectivity index (χ1v) is 7.30. The molecule has 0 atom stereocenters. The predicted octanol–water partition coefficient (Wildman–Crippen LogP) is 3.90. The Morgan fingerprint density at radius 3 is 2.50 bits per heavy atom. The molecule has 4 heteroatoms. The van der Waals surface area contributed by atoms with Crippen LogP contribution in [0.3, 0.4) is 0 Å². The maximum absolute atomic E-state index is 13.5. The van der Waals surface area contributed by atoms with Gasteiger partial charge in [-0.2, -0.15) is 0 Å². The van der Waals surface area contributed by atoms with E-state index >= 15 is 0 Å². The van der Waals surface area contributed by atoms with Crippen LogP contribution in [0.15, 0.2) is 48.5 Å². The van der Waals surface area contributed by atoms with Crippen LogP contribution in [0.25, 0.3) is 0 Å². The third-order valence-electron chi connectivity index (χ3n) is 3.20. The zero-order valence-electron chi connectivity index (χ0n) is 12.5. The van der Waals surface area contributed by atoms with Gasteiger partial charge in [-0.1, -0.05) is 30.3 Å². The summed E-state index contributed by atoms with van der Waals surface area (Å²) in [5.74, 6) is 0.207. The summed E-state index contributed by atoms with van der Waals surface area (Å²) in [6.07, 6.45) is 0.996. The topological polar surface area (TPSA) is 35.5 Å². The van der Waals surface area contributed by atoms with Crippen molar-refractivity contribution in [3.05, 3.63) is 65.5 Å². The number of benzene rings is 2. The zero-order valence-corrected chi connectivity index (χ0v) is 12.5. The van der Waals surface area contributed by atoms with Gasteiger partial charge in [0, 0.05) is 12.0 Å². The fourth-order valence-corrected chi connectivity index (χ4v) is 2.01. The van der Waals surface area contributed by atoms with Gasteiger partial charge in [-0.3, -0.25) is 4.79 Å². The summed E-state index contributed by atoms with van der Waals surface area (Å²) in [7, 11) is 0. The van der Waals surface area contributed by atoms with Crippen molar-refractivity contribution in [3.8, 4) is 5.75 Å². The van der Waals surface area contributed by atoms with Crippen LogP contribution in [-0.4, -0.2) is 12.6 Å².